The van der Waals surface area contributed by atoms with Gasteiger partial charge in [0.25, 0.3) is 0 Å². The minimum Gasteiger partial charge on any atom is -0.494 e. The van der Waals surface area contributed by atoms with Crippen molar-refractivity contribution in [3.8, 4) is 5.75 Å². The largest absolute Gasteiger partial charge is 0.494 e. The van der Waals surface area contributed by atoms with Crippen LogP contribution in [0.4, 0.5) is 10.8 Å². The molecule has 2 aromatic rings. The molecule has 1 heterocycles. The number of nitrogens with zero attached hydrogens (tertiary/aromatic N) is 1. The first-order chi connectivity index (χ1) is 8.70. The number of benzene rings is 1. The highest BCUT2D eigenvalue weighted by Crippen LogP contribution is 2.26. The molecule has 0 aliphatic heterocycles. The lowest BCUT2D eigenvalue weighted by Crippen LogP contribution is -2.00. The summed E-state index contributed by atoms with van der Waals surface area (Å²) in [5.41, 5.74) is 7.90. The Balaban J connectivity index is 2.01. The number of anilines is 2. The molecule has 0 bridgehead atoms. The molecule has 3 N–H and O–H groups in total. The molecular weight excluding hydrogens is 246 g/mol. The van der Waals surface area contributed by atoms with Crippen molar-refractivity contribution in [1.29, 1.82) is 0 Å². The van der Waals surface area contributed by atoms with Crippen LogP contribution in [-0.2, 0) is 6.54 Å². The topological polar surface area (TPSA) is 60.2 Å². The van der Waals surface area contributed by atoms with E-state index in [4.69, 9.17) is 10.5 Å². The summed E-state index contributed by atoms with van der Waals surface area (Å²) in [6.07, 6.45) is 0. The molecule has 0 saturated heterocycles. The average Bonchev–Trinajstić information content (AvgIpc) is 2.69. The summed E-state index contributed by atoms with van der Waals surface area (Å²) < 4.78 is 9.58. The van der Waals surface area contributed by atoms with Gasteiger partial charge in [-0.2, -0.15) is 4.37 Å². The van der Waals surface area contributed by atoms with Crippen molar-refractivity contribution in [2.45, 2.75) is 20.4 Å². The molecule has 1 aromatic heterocycles. The maximum absolute atomic E-state index is 5.71. The Kier molecular flexibility index (Phi) is 4.04. The minimum atomic E-state index is 0.602. The summed E-state index contributed by atoms with van der Waals surface area (Å²) in [6, 6.07) is 8.06. The number of aromatic nitrogens is 1. The number of nitrogens with one attached hydrogen (secondary N) is 1. The number of hydrogen-bond acceptors (Lipinski definition) is 5. The van der Waals surface area contributed by atoms with Crippen molar-refractivity contribution in [1.82, 2.24) is 4.37 Å². The Hall–Kier alpha value is -1.75. The second-order valence-corrected chi connectivity index (χ2v) is 4.73. The zero-order valence-electron chi connectivity index (χ0n) is 10.6. The Morgan fingerprint density at radius 1 is 1.44 bits per heavy atom. The number of ether oxygens (including phenoxy) is 1. The van der Waals surface area contributed by atoms with E-state index in [9.17, 15) is 0 Å². The van der Waals surface area contributed by atoms with E-state index in [1.54, 1.807) is 0 Å². The summed E-state index contributed by atoms with van der Waals surface area (Å²) in [6.45, 7) is 5.37. The van der Waals surface area contributed by atoms with Crippen molar-refractivity contribution in [2.24, 2.45) is 0 Å². The number of nitrogen functional groups attached to an aromatic ring is 1. The summed E-state index contributed by atoms with van der Waals surface area (Å²) in [5.74, 6) is 1.50. The van der Waals surface area contributed by atoms with E-state index in [1.807, 2.05) is 32.0 Å². The number of hydrogen-bond donors (Lipinski definition) is 2. The molecule has 0 amide bonds. The molecule has 0 spiro atoms. The first-order valence-corrected chi connectivity index (χ1v) is 6.65. The quantitative estimate of drug-likeness (QED) is 0.870. The van der Waals surface area contributed by atoms with E-state index in [0.29, 0.717) is 12.4 Å². The predicted molar refractivity (Wildman–Crippen MR) is 76.2 cm³/mol. The van der Waals surface area contributed by atoms with Crippen molar-refractivity contribution < 1.29 is 4.74 Å². The zero-order chi connectivity index (χ0) is 13.0. The van der Waals surface area contributed by atoms with Gasteiger partial charge in [0.1, 0.15) is 16.6 Å². The first kappa shape index (κ1) is 12.7. The zero-order valence-corrected chi connectivity index (χ0v) is 11.4. The first-order valence-electron chi connectivity index (χ1n) is 5.88. The van der Waals surface area contributed by atoms with Crippen molar-refractivity contribution in [3.05, 3.63) is 35.4 Å². The van der Waals surface area contributed by atoms with Crippen LogP contribution >= 0.6 is 11.5 Å². The van der Waals surface area contributed by atoms with Gasteiger partial charge in [0.2, 0.25) is 0 Å². The van der Waals surface area contributed by atoms with Gasteiger partial charge in [-0.05, 0) is 43.1 Å². The van der Waals surface area contributed by atoms with E-state index in [2.05, 4.69) is 15.8 Å². The molecule has 0 unspecified atom stereocenters. The fourth-order valence-electron chi connectivity index (χ4n) is 1.61. The van der Waals surface area contributed by atoms with Gasteiger partial charge < -0.3 is 15.8 Å². The highest BCUT2D eigenvalue weighted by molar-refractivity contribution is 7.10. The van der Waals surface area contributed by atoms with E-state index >= 15 is 0 Å². The van der Waals surface area contributed by atoms with Crippen LogP contribution in [0, 0.1) is 6.92 Å². The smallest absolute Gasteiger partial charge is 0.142 e. The summed E-state index contributed by atoms with van der Waals surface area (Å²) >= 11 is 1.39. The third kappa shape index (κ3) is 2.92. The van der Waals surface area contributed by atoms with Crippen molar-refractivity contribution in [3.63, 3.8) is 0 Å². The molecule has 0 radical (unpaired) electrons. The van der Waals surface area contributed by atoms with Crippen LogP contribution in [0.5, 0.6) is 5.75 Å². The van der Waals surface area contributed by atoms with E-state index in [1.165, 1.54) is 17.1 Å². The molecule has 5 heteroatoms. The van der Waals surface area contributed by atoms with E-state index in [-0.39, 0.29) is 0 Å². The second kappa shape index (κ2) is 5.73. The average molecular weight is 263 g/mol. The van der Waals surface area contributed by atoms with Crippen LogP contribution < -0.4 is 15.8 Å². The van der Waals surface area contributed by atoms with Gasteiger partial charge in [0.05, 0.1) is 6.61 Å². The summed E-state index contributed by atoms with van der Waals surface area (Å²) in [4.78, 5) is 0. The van der Waals surface area contributed by atoms with Crippen molar-refractivity contribution in [2.75, 3.05) is 17.7 Å². The molecule has 4 nitrogen and oxygen atoms in total. The van der Waals surface area contributed by atoms with Crippen molar-refractivity contribution >= 4 is 22.4 Å². The normalized spacial score (nSPS) is 10.3. The van der Waals surface area contributed by atoms with Crippen LogP contribution in [0.25, 0.3) is 0 Å². The predicted octanol–water partition coefficient (Wildman–Crippen LogP) is 3.04. The minimum absolute atomic E-state index is 0.602. The Morgan fingerprint density at radius 3 is 2.94 bits per heavy atom. The molecule has 2 rings (SSSR count). The molecule has 0 atom stereocenters. The highest BCUT2D eigenvalue weighted by atomic mass is 32.1. The third-order valence-corrected chi connectivity index (χ3v) is 3.54. The van der Waals surface area contributed by atoms with Gasteiger partial charge in [-0.15, -0.1) is 0 Å². The Morgan fingerprint density at radius 2 is 2.28 bits per heavy atom. The van der Waals surface area contributed by atoms with Gasteiger partial charge in [-0.25, -0.2) is 0 Å². The number of nitrogens with two attached hydrogens (primary N) is 1. The third-order valence-electron chi connectivity index (χ3n) is 2.62. The maximum Gasteiger partial charge on any atom is 0.142 e. The molecule has 0 aliphatic rings. The van der Waals surface area contributed by atoms with E-state index < -0.39 is 0 Å². The molecule has 0 aliphatic carbocycles. The summed E-state index contributed by atoms with van der Waals surface area (Å²) in [5, 5.41) is 4.36. The lowest BCUT2D eigenvalue weighted by atomic mass is 10.2. The molecular formula is C13H17N3OS. The van der Waals surface area contributed by atoms with Crippen LogP contribution in [-0.4, -0.2) is 11.0 Å². The van der Waals surface area contributed by atoms with Gasteiger partial charge in [-0.3, -0.25) is 0 Å². The van der Waals surface area contributed by atoms with E-state index in [0.717, 1.165) is 22.9 Å². The molecule has 96 valence electrons. The monoisotopic (exact) mass is 263 g/mol. The van der Waals surface area contributed by atoms with Gasteiger partial charge >= 0.3 is 0 Å². The molecule has 1 aromatic carbocycles. The standard InChI is InChI=1S/C13H17N3OS/c1-3-17-11-6-4-5-10(7-11)8-15-13-9(2)12(14)16-18-13/h4-7,15H,3,8H2,1-2H3,(H2,14,16). The molecule has 0 fully saturated rings. The highest BCUT2D eigenvalue weighted by Gasteiger charge is 2.06. The van der Waals surface area contributed by atoms with Crippen LogP contribution in [0.15, 0.2) is 24.3 Å². The van der Waals surface area contributed by atoms with Crippen LogP contribution in [0.1, 0.15) is 18.1 Å². The lowest BCUT2D eigenvalue weighted by Gasteiger charge is -2.07. The fraction of sp³-hybridized carbons (Fsp3) is 0.308. The van der Waals surface area contributed by atoms with Gasteiger partial charge in [0, 0.05) is 12.1 Å². The Bertz CT molecular complexity index is 525. The lowest BCUT2D eigenvalue weighted by molar-refractivity contribution is 0.340. The van der Waals surface area contributed by atoms with Gasteiger partial charge in [-0.1, -0.05) is 12.1 Å². The SMILES string of the molecule is CCOc1cccc(CNc2snc(N)c2C)c1. The van der Waals surface area contributed by atoms with Crippen LogP contribution in [0.2, 0.25) is 0 Å². The summed E-state index contributed by atoms with van der Waals surface area (Å²) in [7, 11) is 0. The Labute approximate surface area is 111 Å². The maximum atomic E-state index is 5.71. The van der Waals surface area contributed by atoms with Crippen LogP contribution in [0.3, 0.4) is 0 Å². The molecule has 0 saturated carbocycles. The molecule has 18 heavy (non-hydrogen) atoms. The second-order valence-electron chi connectivity index (χ2n) is 3.96. The fourth-order valence-corrected chi connectivity index (χ4v) is 2.31. The van der Waals surface area contributed by atoms with Gasteiger partial charge in [0.15, 0.2) is 0 Å². The number of rotatable bonds is 5.